The molecule has 9 heteroatoms. The first-order chi connectivity index (χ1) is 13.7. The van der Waals surface area contributed by atoms with Crippen LogP contribution in [-0.4, -0.2) is 26.1 Å². The molecule has 0 bridgehead atoms. The SMILES string of the molecule is O=C(NS(=O)(=O)C1CC1)c1cccc2c1CCCN2c1ccc(C(F)(F)F)cc1. The number of carbonyl (C=O) groups is 1. The molecule has 0 atom stereocenters. The average Bonchev–Trinajstić information content (AvgIpc) is 3.52. The number of rotatable bonds is 4. The monoisotopic (exact) mass is 424 g/mol. The van der Waals surface area contributed by atoms with Crippen LogP contribution in [0.15, 0.2) is 42.5 Å². The van der Waals surface area contributed by atoms with E-state index in [0.29, 0.717) is 49.2 Å². The standard InChI is InChI=1S/C20H19F3N2O3S/c21-20(22,23)13-6-8-14(9-7-13)25-12-2-4-16-17(3-1-5-18(16)25)19(26)24-29(27,28)15-10-11-15/h1,3,5-9,15H,2,4,10-12H2,(H,24,26). The Morgan fingerprint density at radius 2 is 1.76 bits per heavy atom. The van der Waals surface area contributed by atoms with Gasteiger partial charge in [0.1, 0.15) is 0 Å². The number of carbonyl (C=O) groups excluding carboxylic acids is 1. The molecule has 0 radical (unpaired) electrons. The number of anilines is 2. The zero-order valence-corrected chi connectivity index (χ0v) is 16.2. The maximum absolute atomic E-state index is 12.8. The number of hydrogen-bond donors (Lipinski definition) is 1. The fraction of sp³-hybridized carbons (Fsp3) is 0.350. The van der Waals surface area contributed by atoms with Crippen LogP contribution in [-0.2, 0) is 22.6 Å². The van der Waals surface area contributed by atoms with E-state index in [1.54, 1.807) is 18.2 Å². The van der Waals surface area contributed by atoms with E-state index in [9.17, 15) is 26.4 Å². The smallest absolute Gasteiger partial charge is 0.341 e. The molecule has 1 aliphatic heterocycles. The Balaban J connectivity index is 1.65. The maximum atomic E-state index is 12.8. The van der Waals surface area contributed by atoms with Gasteiger partial charge in [0, 0.05) is 23.5 Å². The highest BCUT2D eigenvalue weighted by molar-refractivity contribution is 7.91. The number of fused-ring (bicyclic) bond motifs is 1. The summed E-state index contributed by atoms with van der Waals surface area (Å²) in [5.74, 6) is -0.664. The topological polar surface area (TPSA) is 66.5 Å². The third-order valence-electron chi connectivity index (χ3n) is 5.20. The van der Waals surface area contributed by atoms with E-state index in [4.69, 9.17) is 0 Å². The molecule has 1 amide bonds. The Kier molecular flexibility index (Phi) is 4.80. The van der Waals surface area contributed by atoms with Gasteiger partial charge in [0.15, 0.2) is 0 Å². The summed E-state index contributed by atoms with van der Waals surface area (Å²) in [6.07, 6.45) is -2.03. The molecule has 4 rings (SSSR count). The molecule has 29 heavy (non-hydrogen) atoms. The molecule has 0 aromatic heterocycles. The summed E-state index contributed by atoms with van der Waals surface area (Å²) in [5, 5.41) is -0.505. The molecule has 5 nitrogen and oxygen atoms in total. The average molecular weight is 424 g/mol. The molecule has 0 unspecified atom stereocenters. The Morgan fingerprint density at radius 1 is 1.07 bits per heavy atom. The summed E-state index contributed by atoms with van der Waals surface area (Å²) >= 11 is 0. The molecule has 0 saturated heterocycles. The van der Waals surface area contributed by atoms with Crippen LogP contribution in [0.1, 0.15) is 40.7 Å². The molecule has 1 fully saturated rings. The molecule has 1 saturated carbocycles. The van der Waals surface area contributed by atoms with Crippen LogP contribution in [0.2, 0.25) is 0 Å². The first-order valence-electron chi connectivity index (χ1n) is 9.29. The zero-order chi connectivity index (χ0) is 20.8. The molecule has 2 aliphatic rings. The predicted octanol–water partition coefficient (Wildman–Crippen LogP) is 4.01. The molecular weight excluding hydrogens is 405 g/mol. The van der Waals surface area contributed by atoms with Crippen LogP contribution >= 0.6 is 0 Å². The lowest BCUT2D eigenvalue weighted by molar-refractivity contribution is -0.137. The quantitative estimate of drug-likeness (QED) is 0.806. The van der Waals surface area contributed by atoms with Gasteiger partial charge in [-0.05, 0) is 67.6 Å². The van der Waals surface area contributed by atoms with Crippen molar-refractivity contribution in [1.82, 2.24) is 4.72 Å². The van der Waals surface area contributed by atoms with Crippen molar-refractivity contribution in [2.45, 2.75) is 37.1 Å². The molecule has 1 aliphatic carbocycles. The van der Waals surface area contributed by atoms with Crippen LogP contribution in [0.3, 0.4) is 0 Å². The van der Waals surface area contributed by atoms with E-state index in [0.717, 1.165) is 12.1 Å². The number of nitrogens with one attached hydrogen (secondary N) is 1. The second-order valence-corrected chi connectivity index (χ2v) is 9.24. The minimum absolute atomic E-state index is 0.281. The highest BCUT2D eigenvalue weighted by Crippen LogP contribution is 2.37. The van der Waals surface area contributed by atoms with Gasteiger partial charge >= 0.3 is 6.18 Å². The van der Waals surface area contributed by atoms with Gasteiger partial charge in [0.05, 0.1) is 10.8 Å². The van der Waals surface area contributed by atoms with Gasteiger partial charge in [-0.3, -0.25) is 4.79 Å². The van der Waals surface area contributed by atoms with E-state index in [1.165, 1.54) is 12.1 Å². The minimum atomic E-state index is -4.41. The van der Waals surface area contributed by atoms with E-state index in [2.05, 4.69) is 4.72 Å². The van der Waals surface area contributed by atoms with Gasteiger partial charge in [-0.1, -0.05) is 6.07 Å². The fourth-order valence-electron chi connectivity index (χ4n) is 3.58. The maximum Gasteiger partial charge on any atom is 0.416 e. The summed E-state index contributed by atoms with van der Waals surface area (Å²) in [7, 11) is -3.67. The molecular formula is C20H19F3N2O3S. The minimum Gasteiger partial charge on any atom is -0.341 e. The van der Waals surface area contributed by atoms with Crippen molar-refractivity contribution < 1.29 is 26.4 Å². The zero-order valence-electron chi connectivity index (χ0n) is 15.4. The van der Waals surface area contributed by atoms with E-state index in [-0.39, 0.29) is 5.56 Å². The summed E-state index contributed by atoms with van der Waals surface area (Å²) in [5.41, 5.74) is 1.54. The third-order valence-corrected chi connectivity index (χ3v) is 7.02. The van der Waals surface area contributed by atoms with Crippen molar-refractivity contribution >= 4 is 27.3 Å². The Hall–Kier alpha value is -2.55. The number of sulfonamides is 1. The summed E-state index contributed by atoms with van der Waals surface area (Å²) in [6, 6.07) is 9.89. The van der Waals surface area contributed by atoms with Crippen molar-refractivity contribution in [2.24, 2.45) is 0 Å². The lowest BCUT2D eigenvalue weighted by Gasteiger charge is -2.32. The van der Waals surface area contributed by atoms with Crippen LogP contribution in [0.25, 0.3) is 0 Å². The van der Waals surface area contributed by atoms with Crippen LogP contribution in [0, 0.1) is 0 Å². The van der Waals surface area contributed by atoms with Crippen LogP contribution < -0.4 is 9.62 Å². The summed E-state index contributed by atoms with van der Waals surface area (Å²) < 4.78 is 64.9. The van der Waals surface area contributed by atoms with Crippen molar-refractivity contribution in [3.8, 4) is 0 Å². The summed E-state index contributed by atoms with van der Waals surface area (Å²) in [6.45, 7) is 0.587. The number of amides is 1. The Bertz CT molecular complexity index is 1050. The molecule has 1 N–H and O–H groups in total. The third kappa shape index (κ3) is 3.96. The fourth-order valence-corrected chi connectivity index (χ4v) is 4.87. The Labute approximate surface area is 166 Å². The molecule has 0 spiro atoms. The van der Waals surface area contributed by atoms with Crippen LogP contribution in [0.5, 0.6) is 0 Å². The molecule has 2 aromatic rings. The highest BCUT2D eigenvalue weighted by Gasteiger charge is 2.37. The second-order valence-electron chi connectivity index (χ2n) is 7.28. The number of nitrogens with zero attached hydrogens (tertiary/aromatic N) is 1. The van der Waals surface area contributed by atoms with Gasteiger partial charge in [-0.15, -0.1) is 0 Å². The number of halogens is 3. The van der Waals surface area contributed by atoms with Crippen molar-refractivity contribution in [3.05, 3.63) is 59.2 Å². The Morgan fingerprint density at radius 3 is 2.38 bits per heavy atom. The predicted molar refractivity (Wildman–Crippen MR) is 103 cm³/mol. The van der Waals surface area contributed by atoms with E-state index in [1.807, 2.05) is 4.90 Å². The van der Waals surface area contributed by atoms with Crippen molar-refractivity contribution in [3.63, 3.8) is 0 Å². The van der Waals surface area contributed by atoms with E-state index >= 15 is 0 Å². The van der Waals surface area contributed by atoms with E-state index < -0.39 is 32.9 Å². The van der Waals surface area contributed by atoms with Gasteiger partial charge in [0.25, 0.3) is 5.91 Å². The number of hydrogen-bond acceptors (Lipinski definition) is 4. The van der Waals surface area contributed by atoms with Gasteiger partial charge < -0.3 is 4.90 Å². The lowest BCUT2D eigenvalue weighted by atomic mass is 9.95. The van der Waals surface area contributed by atoms with Gasteiger partial charge in [-0.2, -0.15) is 13.2 Å². The molecule has 1 heterocycles. The number of benzene rings is 2. The number of alkyl halides is 3. The normalized spacial score (nSPS) is 17.0. The second kappa shape index (κ2) is 7.05. The van der Waals surface area contributed by atoms with Crippen molar-refractivity contribution in [2.75, 3.05) is 11.4 Å². The first kappa shape index (κ1) is 19.8. The van der Waals surface area contributed by atoms with Crippen molar-refractivity contribution in [1.29, 1.82) is 0 Å². The molecule has 2 aromatic carbocycles. The van der Waals surface area contributed by atoms with Gasteiger partial charge in [0.2, 0.25) is 10.0 Å². The largest absolute Gasteiger partial charge is 0.416 e. The molecule has 154 valence electrons. The lowest BCUT2D eigenvalue weighted by Crippen LogP contribution is -2.35. The van der Waals surface area contributed by atoms with Crippen LogP contribution in [0.4, 0.5) is 24.5 Å². The first-order valence-corrected chi connectivity index (χ1v) is 10.8. The summed E-state index contributed by atoms with van der Waals surface area (Å²) in [4.78, 5) is 14.5. The van der Waals surface area contributed by atoms with Gasteiger partial charge in [-0.25, -0.2) is 13.1 Å². The highest BCUT2D eigenvalue weighted by atomic mass is 32.2.